The number of rotatable bonds is 2. The quantitative estimate of drug-likeness (QED) is 0.553. The van der Waals surface area contributed by atoms with E-state index in [-0.39, 0.29) is 0 Å². The average molecular weight is 143 g/mol. The molecule has 0 atom stereocenters. The van der Waals surface area contributed by atoms with E-state index in [4.69, 9.17) is 0 Å². The van der Waals surface area contributed by atoms with Gasteiger partial charge in [0.1, 0.15) is 0 Å². The van der Waals surface area contributed by atoms with Crippen molar-refractivity contribution in [2.75, 3.05) is 32.7 Å². The number of piperazine rings is 1. The van der Waals surface area contributed by atoms with Crippen LogP contribution in [0.4, 0.5) is 0 Å². The summed E-state index contributed by atoms with van der Waals surface area (Å²) in [4.78, 5) is 2.56. The second kappa shape index (κ2) is 3.94. The van der Waals surface area contributed by atoms with E-state index >= 15 is 0 Å². The van der Waals surface area contributed by atoms with Crippen LogP contribution in [-0.4, -0.2) is 37.6 Å². The lowest BCUT2D eigenvalue weighted by molar-refractivity contribution is -0.663. The summed E-state index contributed by atoms with van der Waals surface area (Å²) in [5.74, 6) is 0.832. The normalized spacial score (nSPS) is 21.9. The van der Waals surface area contributed by atoms with Gasteiger partial charge in [-0.2, -0.15) is 0 Å². The Kier molecular flexibility index (Phi) is 3.16. The Morgan fingerprint density at radius 2 is 1.90 bits per heavy atom. The number of hydrogen-bond donors (Lipinski definition) is 1. The molecule has 0 bridgehead atoms. The first-order valence-electron chi connectivity index (χ1n) is 4.33. The van der Waals surface area contributed by atoms with Gasteiger partial charge in [0.25, 0.3) is 0 Å². The Labute approximate surface area is 63.6 Å². The van der Waals surface area contributed by atoms with Gasteiger partial charge >= 0.3 is 0 Å². The molecule has 0 aliphatic carbocycles. The Bertz CT molecular complexity index is 85.3. The summed E-state index contributed by atoms with van der Waals surface area (Å²) in [6.07, 6.45) is 0. The van der Waals surface area contributed by atoms with Crippen LogP contribution in [0, 0.1) is 5.92 Å². The molecule has 1 heterocycles. The maximum Gasteiger partial charge on any atom is 0.0885 e. The van der Waals surface area contributed by atoms with Crippen molar-refractivity contribution in [3.05, 3.63) is 0 Å². The first-order valence-corrected chi connectivity index (χ1v) is 4.33. The third kappa shape index (κ3) is 2.67. The van der Waals surface area contributed by atoms with Gasteiger partial charge in [-0.1, -0.05) is 13.8 Å². The summed E-state index contributed by atoms with van der Waals surface area (Å²) in [5.41, 5.74) is 0. The SMILES string of the molecule is CC(C)CN1CC[NH2+]CC1. The van der Waals surface area contributed by atoms with E-state index in [0.717, 1.165) is 5.92 Å². The molecule has 2 nitrogen and oxygen atoms in total. The Hall–Kier alpha value is -0.0800. The van der Waals surface area contributed by atoms with E-state index in [1.807, 2.05) is 0 Å². The molecule has 2 N–H and O–H groups in total. The fraction of sp³-hybridized carbons (Fsp3) is 1.00. The van der Waals surface area contributed by atoms with Crippen molar-refractivity contribution >= 4 is 0 Å². The highest BCUT2D eigenvalue weighted by atomic mass is 15.2. The van der Waals surface area contributed by atoms with Crippen LogP contribution < -0.4 is 5.32 Å². The predicted molar refractivity (Wildman–Crippen MR) is 42.9 cm³/mol. The van der Waals surface area contributed by atoms with Gasteiger partial charge < -0.3 is 5.32 Å². The minimum Gasteiger partial charge on any atom is -0.344 e. The summed E-state index contributed by atoms with van der Waals surface area (Å²) < 4.78 is 0. The molecule has 1 rings (SSSR count). The fourth-order valence-electron chi connectivity index (χ4n) is 1.50. The number of nitrogens with two attached hydrogens (primary N) is 1. The van der Waals surface area contributed by atoms with E-state index in [0.29, 0.717) is 0 Å². The molecule has 1 aliphatic rings. The zero-order valence-corrected chi connectivity index (χ0v) is 7.14. The first-order chi connectivity index (χ1) is 4.79. The highest BCUT2D eigenvalue weighted by Gasteiger charge is 2.11. The lowest BCUT2D eigenvalue weighted by Crippen LogP contribution is -2.89. The van der Waals surface area contributed by atoms with E-state index in [1.165, 1.54) is 32.7 Å². The van der Waals surface area contributed by atoms with Crippen LogP contribution in [0.2, 0.25) is 0 Å². The van der Waals surface area contributed by atoms with Gasteiger partial charge in [-0.3, -0.25) is 4.90 Å². The largest absolute Gasteiger partial charge is 0.344 e. The molecule has 0 amide bonds. The number of hydrogen-bond acceptors (Lipinski definition) is 1. The minimum atomic E-state index is 0.832. The third-order valence-electron chi connectivity index (χ3n) is 1.92. The Morgan fingerprint density at radius 1 is 1.30 bits per heavy atom. The van der Waals surface area contributed by atoms with Gasteiger partial charge in [0.05, 0.1) is 13.1 Å². The summed E-state index contributed by atoms with van der Waals surface area (Å²) >= 11 is 0. The molecule has 1 saturated heterocycles. The highest BCUT2D eigenvalue weighted by molar-refractivity contribution is 4.60. The maximum absolute atomic E-state index is 2.56. The van der Waals surface area contributed by atoms with Crippen LogP contribution in [0.3, 0.4) is 0 Å². The van der Waals surface area contributed by atoms with Gasteiger partial charge in [0.15, 0.2) is 0 Å². The zero-order chi connectivity index (χ0) is 7.40. The molecular formula is C8H19N2+. The smallest absolute Gasteiger partial charge is 0.0885 e. The molecule has 0 saturated carbocycles. The molecule has 1 fully saturated rings. The van der Waals surface area contributed by atoms with Crippen molar-refractivity contribution in [2.24, 2.45) is 5.92 Å². The van der Waals surface area contributed by atoms with Gasteiger partial charge in [0, 0.05) is 19.6 Å². The molecule has 60 valence electrons. The molecule has 0 spiro atoms. The molecule has 10 heavy (non-hydrogen) atoms. The Balaban J connectivity index is 2.13. The number of nitrogens with zero attached hydrogens (tertiary/aromatic N) is 1. The summed E-state index contributed by atoms with van der Waals surface area (Å²) in [7, 11) is 0. The predicted octanol–water partition coefficient (Wildman–Crippen LogP) is -0.479. The van der Waals surface area contributed by atoms with E-state index in [9.17, 15) is 0 Å². The van der Waals surface area contributed by atoms with Gasteiger partial charge in [-0.25, -0.2) is 0 Å². The van der Waals surface area contributed by atoms with Crippen LogP contribution in [0.25, 0.3) is 0 Å². The molecule has 2 heteroatoms. The third-order valence-corrected chi connectivity index (χ3v) is 1.92. The molecule has 0 unspecified atom stereocenters. The van der Waals surface area contributed by atoms with Gasteiger partial charge in [-0.05, 0) is 5.92 Å². The molecule has 0 aromatic heterocycles. The summed E-state index contributed by atoms with van der Waals surface area (Å²) in [5, 5.41) is 2.40. The minimum absolute atomic E-state index is 0.832. The van der Waals surface area contributed by atoms with Crippen LogP contribution in [0.5, 0.6) is 0 Å². The van der Waals surface area contributed by atoms with Crippen LogP contribution in [-0.2, 0) is 0 Å². The second-order valence-electron chi connectivity index (χ2n) is 3.56. The first kappa shape index (κ1) is 8.02. The number of quaternary nitrogens is 1. The highest BCUT2D eigenvalue weighted by Crippen LogP contribution is 1.97. The second-order valence-corrected chi connectivity index (χ2v) is 3.56. The van der Waals surface area contributed by atoms with E-state index < -0.39 is 0 Å². The molecule has 1 aliphatic heterocycles. The average Bonchev–Trinajstić information content (AvgIpc) is 1.88. The lowest BCUT2D eigenvalue weighted by Gasteiger charge is -2.26. The van der Waals surface area contributed by atoms with E-state index in [2.05, 4.69) is 24.1 Å². The zero-order valence-electron chi connectivity index (χ0n) is 7.14. The van der Waals surface area contributed by atoms with Crippen molar-refractivity contribution in [3.63, 3.8) is 0 Å². The van der Waals surface area contributed by atoms with Crippen LogP contribution in [0.15, 0.2) is 0 Å². The van der Waals surface area contributed by atoms with Gasteiger partial charge in [-0.15, -0.1) is 0 Å². The maximum atomic E-state index is 2.56. The topological polar surface area (TPSA) is 19.9 Å². The Morgan fingerprint density at radius 3 is 2.40 bits per heavy atom. The van der Waals surface area contributed by atoms with Crippen molar-refractivity contribution in [2.45, 2.75) is 13.8 Å². The molecule has 0 radical (unpaired) electrons. The van der Waals surface area contributed by atoms with E-state index in [1.54, 1.807) is 0 Å². The lowest BCUT2D eigenvalue weighted by atomic mass is 10.2. The van der Waals surface area contributed by atoms with Crippen molar-refractivity contribution in [1.82, 2.24) is 4.90 Å². The van der Waals surface area contributed by atoms with Crippen molar-refractivity contribution in [3.8, 4) is 0 Å². The monoisotopic (exact) mass is 143 g/mol. The summed E-state index contributed by atoms with van der Waals surface area (Å²) in [6.45, 7) is 11.0. The van der Waals surface area contributed by atoms with Crippen molar-refractivity contribution in [1.29, 1.82) is 0 Å². The van der Waals surface area contributed by atoms with Crippen molar-refractivity contribution < 1.29 is 5.32 Å². The standard InChI is InChI=1S/C8H18N2/c1-8(2)7-10-5-3-9-4-6-10/h8-9H,3-7H2,1-2H3/p+1. The van der Waals surface area contributed by atoms with Crippen LogP contribution in [0.1, 0.15) is 13.8 Å². The van der Waals surface area contributed by atoms with Crippen LogP contribution >= 0.6 is 0 Å². The fourth-order valence-corrected chi connectivity index (χ4v) is 1.50. The molecular weight excluding hydrogens is 124 g/mol. The molecule has 0 aromatic carbocycles. The molecule has 0 aromatic rings. The summed E-state index contributed by atoms with van der Waals surface area (Å²) in [6, 6.07) is 0. The van der Waals surface area contributed by atoms with Gasteiger partial charge in [0.2, 0.25) is 0 Å².